The Hall–Kier alpha value is -1.14. The van der Waals surface area contributed by atoms with E-state index in [1.807, 2.05) is 20.8 Å². The van der Waals surface area contributed by atoms with Crippen molar-refractivity contribution in [1.29, 1.82) is 0 Å². The van der Waals surface area contributed by atoms with Gasteiger partial charge in [0, 0.05) is 25.8 Å². The highest BCUT2D eigenvalue weighted by Crippen LogP contribution is 2.20. The number of hydrogen-bond acceptors (Lipinski definition) is 4. The third kappa shape index (κ3) is 4.47. The number of rotatable bonds is 5. The van der Waals surface area contributed by atoms with Crippen molar-refractivity contribution in [1.82, 2.24) is 10.2 Å². The topological polar surface area (TPSA) is 84.7 Å². The quantitative estimate of drug-likeness (QED) is 0.729. The van der Waals surface area contributed by atoms with Crippen LogP contribution in [0, 0.1) is 0 Å². The standard InChI is InChI=1S/C13H25N3O3/c1-4-16(9-11(17)15-10(2)3)12(18)13(14)5-7-19-8-6-13/h10H,4-9,14H2,1-3H3,(H,15,17). The maximum Gasteiger partial charge on any atom is 0.243 e. The fourth-order valence-electron chi connectivity index (χ4n) is 2.13. The molecule has 0 unspecified atom stereocenters. The van der Waals surface area contributed by atoms with Gasteiger partial charge in [-0.1, -0.05) is 0 Å². The number of ether oxygens (including phenoxy) is 1. The molecule has 3 N–H and O–H groups in total. The first kappa shape index (κ1) is 15.9. The van der Waals surface area contributed by atoms with E-state index < -0.39 is 5.54 Å². The summed E-state index contributed by atoms with van der Waals surface area (Å²) in [5.41, 5.74) is 5.27. The van der Waals surface area contributed by atoms with Crippen molar-refractivity contribution in [3.05, 3.63) is 0 Å². The fraction of sp³-hybridized carbons (Fsp3) is 0.846. The van der Waals surface area contributed by atoms with Gasteiger partial charge < -0.3 is 20.7 Å². The number of nitrogens with zero attached hydrogens (tertiary/aromatic N) is 1. The first-order chi connectivity index (χ1) is 8.89. The number of carbonyl (C=O) groups is 2. The van der Waals surface area contributed by atoms with Gasteiger partial charge in [-0.15, -0.1) is 0 Å². The van der Waals surface area contributed by atoms with Gasteiger partial charge in [0.15, 0.2) is 0 Å². The van der Waals surface area contributed by atoms with E-state index in [-0.39, 0.29) is 24.4 Å². The Bertz CT molecular complexity index is 325. The van der Waals surface area contributed by atoms with Gasteiger partial charge >= 0.3 is 0 Å². The van der Waals surface area contributed by atoms with Crippen LogP contribution in [0.15, 0.2) is 0 Å². The molecule has 19 heavy (non-hydrogen) atoms. The van der Waals surface area contributed by atoms with Crippen molar-refractivity contribution in [3.8, 4) is 0 Å². The van der Waals surface area contributed by atoms with Gasteiger partial charge in [-0.2, -0.15) is 0 Å². The van der Waals surface area contributed by atoms with Crippen molar-refractivity contribution in [3.63, 3.8) is 0 Å². The van der Waals surface area contributed by atoms with Crippen molar-refractivity contribution >= 4 is 11.8 Å². The van der Waals surface area contributed by atoms with Crippen LogP contribution in [0.4, 0.5) is 0 Å². The first-order valence-electron chi connectivity index (χ1n) is 6.84. The number of nitrogens with one attached hydrogen (secondary N) is 1. The molecule has 2 amide bonds. The van der Waals surface area contributed by atoms with Crippen LogP contribution in [0.3, 0.4) is 0 Å². The van der Waals surface area contributed by atoms with Crippen LogP contribution in [-0.2, 0) is 14.3 Å². The lowest BCUT2D eigenvalue weighted by molar-refractivity contribution is -0.143. The summed E-state index contributed by atoms with van der Waals surface area (Å²) in [5, 5.41) is 2.78. The predicted octanol–water partition coefficient (Wildman–Crippen LogP) is -0.133. The maximum absolute atomic E-state index is 12.4. The molecule has 110 valence electrons. The summed E-state index contributed by atoms with van der Waals surface area (Å²) < 4.78 is 5.23. The Morgan fingerprint density at radius 2 is 1.95 bits per heavy atom. The predicted molar refractivity (Wildman–Crippen MR) is 72.5 cm³/mol. The molecule has 0 atom stereocenters. The lowest BCUT2D eigenvalue weighted by Crippen LogP contribution is -2.59. The Morgan fingerprint density at radius 1 is 1.37 bits per heavy atom. The molecule has 1 aliphatic heterocycles. The normalized spacial score (nSPS) is 18.2. The molecule has 0 spiro atoms. The second-order valence-corrected chi connectivity index (χ2v) is 5.31. The highest BCUT2D eigenvalue weighted by atomic mass is 16.5. The van der Waals surface area contributed by atoms with Crippen molar-refractivity contribution in [2.75, 3.05) is 26.3 Å². The molecule has 6 heteroatoms. The lowest BCUT2D eigenvalue weighted by Gasteiger charge is -2.36. The molecule has 1 heterocycles. The summed E-state index contributed by atoms with van der Waals surface area (Å²) in [4.78, 5) is 25.7. The average Bonchev–Trinajstić information content (AvgIpc) is 2.35. The minimum absolute atomic E-state index is 0.0628. The summed E-state index contributed by atoms with van der Waals surface area (Å²) in [7, 11) is 0. The molecule has 1 aliphatic rings. The summed E-state index contributed by atoms with van der Waals surface area (Å²) >= 11 is 0. The van der Waals surface area contributed by atoms with Crippen LogP contribution >= 0.6 is 0 Å². The molecule has 1 rings (SSSR count). The molecule has 0 radical (unpaired) electrons. The van der Waals surface area contributed by atoms with Gasteiger partial charge in [0.2, 0.25) is 11.8 Å². The van der Waals surface area contributed by atoms with Gasteiger partial charge in [0.05, 0.1) is 12.1 Å². The molecule has 6 nitrogen and oxygen atoms in total. The van der Waals surface area contributed by atoms with Gasteiger partial charge in [-0.25, -0.2) is 0 Å². The zero-order valence-electron chi connectivity index (χ0n) is 12.1. The van der Waals surface area contributed by atoms with Crippen molar-refractivity contribution in [2.45, 2.75) is 45.2 Å². The van der Waals surface area contributed by atoms with E-state index in [1.54, 1.807) is 0 Å². The van der Waals surface area contributed by atoms with Gasteiger partial charge in [0.25, 0.3) is 0 Å². The van der Waals surface area contributed by atoms with Crippen LogP contribution in [0.1, 0.15) is 33.6 Å². The van der Waals surface area contributed by atoms with Crippen LogP contribution in [0.2, 0.25) is 0 Å². The monoisotopic (exact) mass is 271 g/mol. The lowest BCUT2D eigenvalue weighted by atomic mass is 9.89. The van der Waals surface area contributed by atoms with Crippen LogP contribution in [0.5, 0.6) is 0 Å². The first-order valence-corrected chi connectivity index (χ1v) is 6.84. The SMILES string of the molecule is CCN(CC(=O)NC(C)C)C(=O)C1(N)CCOCC1. The van der Waals surface area contributed by atoms with Crippen molar-refractivity contribution in [2.24, 2.45) is 5.73 Å². The largest absolute Gasteiger partial charge is 0.381 e. The number of nitrogens with two attached hydrogens (primary N) is 1. The van der Waals surface area contributed by atoms with Crippen LogP contribution in [-0.4, -0.2) is 54.6 Å². The third-order valence-corrected chi connectivity index (χ3v) is 3.26. The smallest absolute Gasteiger partial charge is 0.243 e. The second-order valence-electron chi connectivity index (χ2n) is 5.31. The highest BCUT2D eigenvalue weighted by molar-refractivity contribution is 5.90. The molecular weight excluding hydrogens is 246 g/mol. The van der Waals surface area contributed by atoms with E-state index in [4.69, 9.17) is 10.5 Å². The molecule has 0 bridgehead atoms. The fourth-order valence-corrected chi connectivity index (χ4v) is 2.13. The minimum Gasteiger partial charge on any atom is -0.381 e. The second kappa shape index (κ2) is 6.86. The van der Waals surface area contributed by atoms with E-state index in [2.05, 4.69) is 5.32 Å². The number of hydrogen-bond donors (Lipinski definition) is 2. The zero-order valence-corrected chi connectivity index (χ0v) is 12.1. The molecule has 0 aromatic rings. The van der Waals surface area contributed by atoms with E-state index in [0.29, 0.717) is 32.6 Å². The Labute approximate surface area is 114 Å². The highest BCUT2D eigenvalue weighted by Gasteiger charge is 2.38. The summed E-state index contributed by atoms with van der Waals surface area (Å²) in [5.74, 6) is -0.307. The molecule has 0 aliphatic carbocycles. The van der Waals surface area contributed by atoms with Crippen LogP contribution in [0.25, 0.3) is 0 Å². The summed E-state index contributed by atoms with van der Waals surface area (Å²) in [6.45, 7) is 7.16. The zero-order chi connectivity index (χ0) is 14.5. The van der Waals surface area contributed by atoms with E-state index >= 15 is 0 Å². The Balaban J connectivity index is 2.63. The maximum atomic E-state index is 12.4. The van der Waals surface area contributed by atoms with Gasteiger partial charge in [-0.05, 0) is 33.6 Å². The number of amides is 2. The molecule has 0 saturated carbocycles. The van der Waals surface area contributed by atoms with E-state index in [9.17, 15) is 9.59 Å². The average molecular weight is 271 g/mol. The summed E-state index contributed by atoms with van der Waals surface area (Å²) in [6.07, 6.45) is 1.02. The van der Waals surface area contributed by atoms with E-state index in [0.717, 1.165) is 0 Å². The molecule has 0 aromatic carbocycles. The van der Waals surface area contributed by atoms with Crippen molar-refractivity contribution < 1.29 is 14.3 Å². The number of likely N-dealkylation sites (N-methyl/N-ethyl adjacent to an activating group) is 1. The molecule has 1 fully saturated rings. The molecule has 0 aromatic heterocycles. The minimum atomic E-state index is -0.883. The molecule has 1 saturated heterocycles. The Morgan fingerprint density at radius 3 is 2.42 bits per heavy atom. The van der Waals surface area contributed by atoms with E-state index in [1.165, 1.54) is 4.90 Å². The van der Waals surface area contributed by atoms with Gasteiger partial charge in [0.1, 0.15) is 0 Å². The Kier molecular flexibility index (Phi) is 5.75. The molecular formula is C13H25N3O3. The van der Waals surface area contributed by atoms with Gasteiger partial charge in [-0.3, -0.25) is 9.59 Å². The number of carbonyl (C=O) groups excluding carboxylic acids is 2. The van der Waals surface area contributed by atoms with Crippen LogP contribution < -0.4 is 11.1 Å². The third-order valence-electron chi connectivity index (χ3n) is 3.26. The summed E-state index contributed by atoms with van der Waals surface area (Å²) in [6, 6.07) is 0.0659.